The Morgan fingerprint density at radius 3 is 2.06 bits per heavy atom. The molecule has 5 rings (SSSR count). The lowest BCUT2D eigenvalue weighted by molar-refractivity contribution is 0.114. The van der Waals surface area contributed by atoms with Crippen LogP contribution >= 0.6 is 0 Å². The average Bonchev–Trinajstić information content (AvgIpc) is 3.17. The van der Waals surface area contributed by atoms with E-state index in [0.29, 0.717) is 6.04 Å². The van der Waals surface area contributed by atoms with Crippen LogP contribution in [0.5, 0.6) is 11.5 Å². The second-order valence-corrected chi connectivity index (χ2v) is 7.92. The first-order chi connectivity index (χ1) is 15.3. The SMILES string of the molecule is COc1ccc(OC)c(C=NN2CCN(C3c4ccccc4-c4ccccc43)CC2)c1. The van der Waals surface area contributed by atoms with Crippen LogP contribution in [0.2, 0.25) is 0 Å². The molecule has 1 fully saturated rings. The van der Waals surface area contributed by atoms with Gasteiger partial charge >= 0.3 is 0 Å². The molecule has 3 aromatic rings. The second-order valence-electron chi connectivity index (χ2n) is 7.92. The third-order valence-electron chi connectivity index (χ3n) is 6.25. The summed E-state index contributed by atoms with van der Waals surface area (Å²) in [5.74, 6) is 1.59. The maximum Gasteiger partial charge on any atom is 0.127 e. The van der Waals surface area contributed by atoms with Crippen LogP contribution in [-0.2, 0) is 0 Å². The smallest absolute Gasteiger partial charge is 0.127 e. The largest absolute Gasteiger partial charge is 0.497 e. The van der Waals surface area contributed by atoms with E-state index in [4.69, 9.17) is 14.6 Å². The fraction of sp³-hybridized carbons (Fsp3) is 0.269. The molecule has 2 aliphatic rings. The van der Waals surface area contributed by atoms with E-state index in [1.165, 1.54) is 22.3 Å². The van der Waals surface area contributed by atoms with Crippen molar-refractivity contribution in [1.29, 1.82) is 0 Å². The zero-order chi connectivity index (χ0) is 21.2. The van der Waals surface area contributed by atoms with Crippen LogP contribution in [0, 0.1) is 0 Å². The van der Waals surface area contributed by atoms with Crippen LogP contribution in [0.4, 0.5) is 0 Å². The van der Waals surface area contributed by atoms with E-state index in [1.54, 1.807) is 14.2 Å². The number of rotatable bonds is 5. The van der Waals surface area contributed by atoms with Crippen LogP contribution in [0.3, 0.4) is 0 Å². The predicted octanol–water partition coefficient (Wildman–Crippen LogP) is 4.43. The normalized spacial score (nSPS) is 16.4. The molecule has 1 heterocycles. The Labute approximate surface area is 183 Å². The predicted molar refractivity (Wildman–Crippen MR) is 124 cm³/mol. The topological polar surface area (TPSA) is 37.3 Å². The minimum atomic E-state index is 0.331. The molecule has 5 nitrogen and oxygen atoms in total. The monoisotopic (exact) mass is 413 g/mol. The molecular weight excluding hydrogens is 386 g/mol. The number of benzene rings is 3. The summed E-state index contributed by atoms with van der Waals surface area (Å²) >= 11 is 0. The lowest BCUT2D eigenvalue weighted by Crippen LogP contribution is -2.45. The number of hydrazone groups is 1. The van der Waals surface area contributed by atoms with E-state index >= 15 is 0 Å². The van der Waals surface area contributed by atoms with Gasteiger partial charge in [-0.2, -0.15) is 5.10 Å². The lowest BCUT2D eigenvalue weighted by atomic mass is 10.0. The molecule has 0 saturated carbocycles. The van der Waals surface area contributed by atoms with Crippen molar-refractivity contribution in [3.05, 3.63) is 83.4 Å². The van der Waals surface area contributed by atoms with Crippen molar-refractivity contribution in [2.45, 2.75) is 6.04 Å². The zero-order valence-electron chi connectivity index (χ0n) is 18.0. The van der Waals surface area contributed by atoms with Crippen molar-refractivity contribution >= 4 is 6.21 Å². The molecule has 0 unspecified atom stereocenters. The third-order valence-corrected chi connectivity index (χ3v) is 6.25. The molecule has 5 heteroatoms. The molecule has 158 valence electrons. The Bertz CT molecular complexity index is 1060. The van der Waals surface area contributed by atoms with Crippen LogP contribution in [0.1, 0.15) is 22.7 Å². The van der Waals surface area contributed by atoms with Gasteiger partial charge in [-0.15, -0.1) is 0 Å². The quantitative estimate of drug-likeness (QED) is 0.580. The molecule has 0 bridgehead atoms. The van der Waals surface area contributed by atoms with Gasteiger partial charge < -0.3 is 9.47 Å². The summed E-state index contributed by atoms with van der Waals surface area (Å²) < 4.78 is 10.8. The number of hydrogen-bond donors (Lipinski definition) is 0. The molecule has 0 amide bonds. The van der Waals surface area contributed by atoms with Crippen LogP contribution in [0.15, 0.2) is 71.8 Å². The summed E-state index contributed by atoms with van der Waals surface area (Å²) in [4.78, 5) is 2.59. The van der Waals surface area contributed by atoms with Crippen molar-refractivity contribution < 1.29 is 9.47 Å². The summed E-state index contributed by atoms with van der Waals surface area (Å²) in [6, 6.07) is 23.7. The molecule has 0 radical (unpaired) electrons. The number of piperazine rings is 1. The molecule has 3 aromatic carbocycles. The standard InChI is InChI=1S/C26H27N3O2/c1-30-20-11-12-25(31-2)19(17-20)18-27-29-15-13-28(14-16-29)26-23-9-5-3-7-21(23)22-8-4-6-10-24(22)26/h3-12,17-18,26H,13-16H2,1-2H3. The third kappa shape index (κ3) is 3.66. The molecule has 0 atom stereocenters. The Morgan fingerprint density at radius 2 is 1.45 bits per heavy atom. The molecule has 1 saturated heterocycles. The fourth-order valence-electron chi connectivity index (χ4n) is 4.69. The van der Waals surface area contributed by atoms with Crippen molar-refractivity contribution in [3.8, 4) is 22.6 Å². The number of ether oxygens (including phenoxy) is 2. The van der Waals surface area contributed by atoms with Gasteiger partial charge in [0.2, 0.25) is 0 Å². The van der Waals surface area contributed by atoms with Crippen LogP contribution in [0.25, 0.3) is 11.1 Å². The van der Waals surface area contributed by atoms with Crippen LogP contribution < -0.4 is 9.47 Å². The molecule has 0 N–H and O–H groups in total. The maximum absolute atomic E-state index is 5.46. The van der Waals surface area contributed by atoms with Gasteiger partial charge in [0.05, 0.1) is 26.5 Å². The maximum atomic E-state index is 5.46. The van der Waals surface area contributed by atoms with Gasteiger partial charge in [-0.25, -0.2) is 0 Å². The molecular formula is C26H27N3O2. The second kappa shape index (κ2) is 8.44. The summed E-state index contributed by atoms with van der Waals surface area (Å²) in [5.41, 5.74) is 6.49. The number of methoxy groups -OCH3 is 2. The highest BCUT2D eigenvalue weighted by molar-refractivity contribution is 5.84. The van der Waals surface area contributed by atoms with Crippen molar-refractivity contribution in [3.63, 3.8) is 0 Å². The summed E-state index contributed by atoms with van der Waals surface area (Å²) in [7, 11) is 3.34. The van der Waals surface area contributed by atoms with Gasteiger partial charge in [0.15, 0.2) is 0 Å². The molecule has 31 heavy (non-hydrogen) atoms. The average molecular weight is 414 g/mol. The van der Waals surface area contributed by atoms with E-state index in [9.17, 15) is 0 Å². The van der Waals surface area contributed by atoms with E-state index < -0.39 is 0 Å². The molecule has 1 aliphatic carbocycles. The Balaban J connectivity index is 1.31. The molecule has 1 aliphatic heterocycles. The minimum absolute atomic E-state index is 0.331. The summed E-state index contributed by atoms with van der Waals surface area (Å²) in [6.07, 6.45) is 1.87. The number of hydrogen-bond acceptors (Lipinski definition) is 5. The lowest BCUT2D eigenvalue weighted by Gasteiger charge is -2.37. The van der Waals surface area contributed by atoms with Crippen molar-refractivity contribution in [2.75, 3.05) is 40.4 Å². The van der Waals surface area contributed by atoms with Gasteiger partial charge in [-0.05, 0) is 40.5 Å². The Hall–Kier alpha value is -3.31. The van der Waals surface area contributed by atoms with Crippen molar-refractivity contribution in [2.24, 2.45) is 5.10 Å². The Morgan fingerprint density at radius 1 is 0.806 bits per heavy atom. The van der Waals surface area contributed by atoms with E-state index in [-0.39, 0.29) is 0 Å². The van der Waals surface area contributed by atoms with Crippen molar-refractivity contribution in [1.82, 2.24) is 9.91 Å². The van der Waals surface area contributed by atoms with Gasteiger partial charge in [-0.1, -0.05) is 48.5 Å². The fourth-order valence-corrected chi connectivity index (χ4v) is 4.69. The van der Waals surface area contributed by atoms with E-state index in [1.807, 2.05) is 24.4 Å². The van der Waals surface area contributed by atoms with E-state index in [0.717, 1.165) is 43.2 Å². The highest BCUT2D eigenvalue weighted by atomic mass is 16.5. The van der Waals surface area contributed by atoms with Gasteiger partial charge in [0, 0.05) is 31.7 Å². The first kappa shape index (κ1) is 19.6. The zero-order valence-corrected chi connectivity index (χ0v) is 18.0. The first-order valence-corrected chi connectivity index (χ1v) is 10.7. The molecule has 0 spiro atoms. The minimum Gasteiger partial charge on any atom is -0.497 e. The van der Waals surface area contributed by atoms with Gasteiger partial charge in [0.1, 0.15) is 11.5 Å². The molecule has 0 aromatic heterocycles. The van der Waals surface area contributed by atoms with Gasteiger partial charge in [0.25, 0.3) is 0 Å². The number of nitrogens with zero attached hydrogens (tertiary/aromatic N) is 3. The summed E-state index contributed by atoms with van der Waals surface area (Å²) in [5, 5.41) is 6.87. The van der Waals surface area contributed by atoms with Crippen LogP contribution in [-0.4, -0.2) is 56.5 Å². The Kier molecular flexibility index (Phi) is 5.35. The highest BCUT2D eigenvalue weighted by Gasteiger charge is 2.33. The van der Waals surface area contributed by atoms with E-state index in [2.05, 4.69) is 58.4 Å². The first-order valence-electron chi connectivity index (χ1n) is 10.7. The highest BCUT2D eigenvalue weighted by Crippen LogP contribution is 2.46. The summed E-state index contributed by atoms with van der Waals surface area (Å²) in [6.45, 7) is 3.73. The van der Waals surface area contributed by atoms with Gasteiger partial charge in [-0.3, -0.25) is 9.91 Å². The number of fused-ring (bicyclic) bond motifs is 3.